The number of ether oxygens (including phenoxy) is 2. The summed E-state index contributed by atoms with van der Waals surface area (Å²) < 4.78 is 12.3. The zero-order valence-corrected chi connectivity index (χ0v) is 15.0. The molecule has 144 valence electrons. The first kappa shape index (κ1) is 16.6. The van der Waals surface area contributed by atoms with E-state index in [0.717, 1.165) is 30.1 Å². The molecule has 0 bridgehead atoms. The van der Waals surface area contributed by atoms with Crippen LogP contribution in [0.25, 0.3) is 5.65 Å². The molecular formula is C18H19N7O3. The highest BCUT2D eigenvalue weighted by atomic mass is 16.7. The molecule has 1 saturated heterocycles. The number of hydrogen-bond acceptors (Lipinski definition) is 7. The Labute approximate surface area is 160 Å². The highest BCUT2D eigenvalue weighted by Gasteiger charge is 2.25. The van der Waals surface area contributed by atoms with Crippen molar-refractivity contribution in [3.63, 3.8) is 0 Å². The van der Waals surface area contributed by atoms with Gasteiger partial charge in [-0.2, -0.15) is 4.52 Å². The van der Waals surface area contributed by atoms with Crippen molar-refractivity contribution in [2.45, 2.75) is 19.0 Å². The first-order valence-electron chi connectivity index (χ1n) is 9.09. The smallest absolute Gasteiger partial charge is 0.315 e. The lowest BCUT2D eigenvalue weighted by Crippen LogP contribution is -2.43. The third-order valence-corrected chi connectivity index (χ3v) is 4.89. The van der Waals surface area contributed by atoms with Gasteiger partial charge in [0.15, 0.2) is 17.1 Å². The molecule has 10 nitrogen and oxygen atoms in total. The van der Waals surface area contributed by atoms with Crippen LogP contribution in [0, 0.1) is 0 Å². The number of hydrogen-bond donors (Lipinski definition) is 2. The van der Waals surface area contributed by atoms with Gasteiger partial charge in [-0.3, -0.25) is 0 Å². The number of anilines is 1. The number of carbonyl (C=O) groups is 1. The number of nitrogens with one attached hydrogen (secondary N) is 2. The molecule has 1 fully saturated rings. The molecule has 3 aromatic rings. The van der Waals surface area contributed by atoms with E-state index in [2.05, 4.69) is 30.8 Å². The zero-order valence-electron chi connectivity index (χ0n) is 15.0. The molecular weight excluding hydrogens is 362 g/mol. The second kappa shape index (κ2) is 6.87. The van der Waals surface area contributed by atoms with Gasteiger partial charge < -0.3 is 25.0 Å². The van der Waals surface area contributed by atoms with E-state index in [9.17, 15) is 4.79 Å². The van der Waals surface area contributed by atoms with Gasteiger partial charge in [0.05, 0.1) is 0 Å². The maximum absolute atomic E-state index is 12.3. The summed E-state index contributed by atoms with van der Waals surface area (Å²) in [6.45, 7) is 2.20. The fourth-order valence-electron chi connectivity index (χ4n) is 3.44. The number of benzene rings is 1. The average molecular weight is 381 g/mol. The molecule has 0 saturated carbocycles. The van der Waals surface area contributed by atoms with E-state index < -0.39 is 0 Å². The van der Waals surface area contributed by atoms with Gasteiger partial charge in [0.25, 0.3) is 0 Å². The molecule has 0 spiro atoms. The van der Waals surface area contributed by atoms with Crippen molar-refractivity contribution in [3.05, 3.63) is 42.2 Å². The monoisotopic (exact) mass is 381 g/mol. The van der Waals surface area contributed by atoms with Crippen LogP contribution in [0.2, 0.25) is 0 Å². The van der Waals surface area contributed by atoms with Crippen LogP contribution in [-0.2, 0) is 6.54 Å². The first-order valence-corrected chi connectivity index (χ1v) is 9.09. The molecule has 28 heavy (non-hydrogen) atoms. The van der Waals surface area contributed by atoms with E-state index in [-0.39, 0.29) is 18.9 Å². The van der Waals surface area contributed by atoms with Gasteiger partial charge in [0.1, 0.15) is 12.1 Å². The molecule has 4 heterocycles. The highest BCUT2D eigenvalue weighted by molar-refractivity contribution is 5.74. The van der Waals surface area contributed by atoms with Gasteiger partial charge in [-0.25, -0.2) is 4.79 Å². The van der Waals surface area contributed by atoms with Crippen molar-refractivity contribution in [2.75, 3.05) is 24.8 Å². The second-order valence-corrected chi connectivity index (χ2v) is 6.77. The average Bonchev–Trinajstić information content (AvgIpc) is 3.45. The van der Waals surface area contributed by atoms with Gasteiger partial charge in [0.2, 0.25) is 6.79 Å². The highest BCUT2D eigenvalue weighted by Crippen LogP contribution is 2.32. The summed E-state index contributed by atoms with van der Waals surface area (Å²) in [6.07, 6.45) is 2.44. The van der Waals surface area contributed by atoms with Crippen LogP contribution in [0.5, 0.6) is 11.5 Å². The quantitative estimate of drug-likeness (QED) is 0.692. The van der Waals surface area contributed by atoms with Crippen LogP contribution in [0.4, 0.5) is 10.6 Å². The fourth-order valence-corrected chi connectivity index (χ4v) is 3.44. The predicted molar refractivity (Wildman–Crippen MR) is 99.3 cm³/mol. The van der Waals surface area contributed by atoms with Crippen molar-refractivity contribution in [2.24, 2.45) is 0 Å². The molecule has 2 aliphatic rings. The van der Waals surface area contributed by atoms with Gasteiger partial charge in [0, 0.05) is 25.7 Å². The predicted octanol–water partition coefficient (Wildman–Crippen LogP) is 0.931. The molecule has 2 aromatic heterocycles. The van der Waals surface area contributed by atoms with Crippen molar-refractivity contribution < 1.29 is 14.3 Å². The van der Waals surface area contributed by atoms with Gasteiger partial charge in [-0.05, 0) is 36.2 Å². The number of rotatable bonds is 4. The molecule has 2 aliphatic heterocycles. The van der Waals surface area contributed by atoms with Crippen LogP contribution in [-0.4, -0.2) is 51.8 Å². The summed E-state index contributed by atoms with van der Waals surface area (Å²) in [5.41, 5.74) is 1.67. The Hall–Kier alpha value is -3.56. The van der Waals surface area contributed by atoms with E-state index in [4.69, 9.17) is 9.47 Å². The largest absolute Gasteiger partial charge is 0.454 e. The Morgan fingerprint density at radius 1 is 1.21 bits per heavy atom. The van der Waals surface area contributed by atoms with Crippen molar-refractivity contribution in [1.29, 1.82) is 0 Å². The molecule has 10 heteroatoms. The maximum Gasteiger partial charge on any atom is 0.315 e. The first-order chi connectivity index (χ1) is 13.7. The number of fused-ring (bicyclic) bond motifs is 2. The van der Waals surface area contributed by atoms with Crippen molar-refractivity contribution in [3.8, 4) is 11.5 Å². The molecule has 0 radical (unpaired) electrons. The zero-order chi connectivity index (χ0) is 18.9. The lowest BCUT2D eigenvalue weighted by Gasteiger charge is -2.18. The number of nitrogens with zero attached hydrogens (tertiary/aromatic N) is 5. The van der Waals surface area contributed by atoms with Gasteiger partial charge in [-0.1, -0.05) is 6.07 Å². The molecule has 1 aromatic carbocycles. The van der Waals surface area contributed by atoms with Gasteiger partial charge in [-0.15, -0.1) is 15.3 Å². The number of urea groups is 1. The summed E-state index contributed by atoms with van der Waals surface area (Å²) in [6, 6.07) is 9.33. The Balaban J connectivity index is 1.14. The van der Waals surface area contributed by atoms with Crippen LogP contribution >= 0.6 is 0 Å². The van der Waals surface area contributed by atoms with E-state index in [1.807, 2.05) is 30.3 Å². The molecule has 1 atom stereocenters. The second-order valence-electron chi connectivity index (χ2n) is 6.77. The van der Waals surface area contributed by atoms with Crippen LogP contribution < -0.4 is 25.0 Å². The Kier molecular flexibility index (Phi) is 4.08. The molecule has 2 amide bonds. The molecule has 0 aliphatic carbocycles. The fraction of sp³-hybridized carbons (Fsp3) is 0.333. The third-order valence-electron chi connectivity index (χ3n) is 4.89. The number of aromatic nitrogens is 4. The SMILES string of the molecule is O=C(NCc1ccc2c(c1)OCO2)N[C@H]1CCN(c2ccc3nncn3n2)C1. The third kappa shape index (κ3) is 3.24. The van der Waals surface area contributed by atoms with Crippen molar-refractivity contribution in [1.82, 2.24) is 30.4 Å². The lowest BCUT2D eigenvalue weighted by atomic mass is 10.2. The number of carbonyl (C=O) groups excluding carboxylic acids is 1. The summed E-state index contributed by atoms with van der Waals surface area (Å²) in [5, 5.41) is 18.2. The van der Waals surface area contributed by atoms with E-state index in [0.29, 0.717) is 24.5 Å². The summed E-state index contributed by atoms with van der Waals surface area (Å²) in [7, 11) is 0. The van der Waals surface area contributed by atoms with E-state index in [1.165, 1.54) is 0 Å². The van der Waals surface area contributed by atoms with E-state index in [1.54, 1.807) is 10.8 Å². The van der Waals surface area contributed by atoms with Crippen LogP contribution in [0.3, 0.4) is 0 Å². The minimum atomic E-state index is -0.188. The van der Waals surface area contributed by atoms with Crippen LogP contribution in [0.15, 0.2) is 36.7 Å². The summed E-state index contributed by atoms with van der Waals surface area (Å²) in [4.78, 5) is 14.4. The minimum absolute atomic E-state index is 0.0650. The molecule has 5 rings (SSSR count). The summed E-state index contributed by atoms with van der Waals surface area (Å²) in [5.74, 6) is 2.29. The lowest BCUT2D eigenvalue weighted by molar-refractivity contribution is 0.174. The Morgan fingerprint density at radius 3 is 3.11 bits per heavy atom. The Bertz CT molecular complexity index is 1020. The summed E-state index contributed by atoms with van der Waals surface area (Å²) >= 11 is 0. The number of amides is 2. The molecule has 0 unspecified atom stereocenters. The standard InChI is InChI=1S/C18H19N7O3/c26-18(19-8-12-1-2-14-15(7-12)28-11-27-14)21-13-5-6-24(9-13)17-4-3-16-22-20-10-25(16)23-17/h1-4,7,10,13H,5-6,8-9,11H2,(H2,19,21,26)/t13-/m0/s1. The minimum Gasteiger partial charge on any atom is -0.454 e. The normalized spacial score (nSPS) is 17.9. The van der Waals surface area contributed by atoms with Gasteiger partial charge >= 0.3 is 6.03 Å². The van der Waals surface area contributed by atoms with Crippen molar-refractivity contribution >= 4 is 17.5 Å². The topological polar surface area (TPSA) is 106 Å². The van der Waals surface area contributed by atoms with Crippen LogP contribution in [0.1, 0.15) is 12.0 Å². The molecule has 2 N–H and O–H groups in total. The maximum atomic E-state index is 12.3. The Morgan fingerprint density at radius 2 is 2.14 bits per heavy atom. The van der Waals surface area contributed by atoms with E-state index >= 15 is 0 Å².